The number of nitrogens with zero attached hydrogens (tertiary/aromatic N) is 4. The summed E-state index contributed by atoms with van der Waals surface area (Å²) < 4.78 is 19.9. The van der Waals surface area contributed by atoms with E-state index in [9.17, 15) is 34.2 Å². The minimum Gasteiger partial charge on any atom is -0.468 e. The smallest absolute Gasteiger partial charge is 0.325 e. The molecule has 11 nitrogen and oxygen atoms in total. The highest BCUT2D eigenvalue weighted by Crippen LogP contribution is 2.23. The molecule has 0 aliphatic rings. The van der Waals surface area contributed by atoms with Crippen LogP contribution in [0.15, 0.2) is 41.4 Å². The van der Waals surface area contributed by atoms with Gasteiger partial charge in [0.05, 0.1) is 38.8 Å². The first-order valence-electron chi connectivity index (χ1n) is 8.08. The summed E-state index contributed by atoms with van der Waals surface area (Å²) >= 11 is 0.894. The number of thiazole rings is 1. The number of amides is 1. The molecule has 3 rings (SSSR count). The lowest BCUT2D eigenvalue weighted by Crippen LogP contribution is -2.22. The number of carbonyl (C=O) groups is 2. The van der Waals surface area contributed by atoms with Crippen LogP contribution in [0, 0.1) is 26.0 Å². The molecule has 3 aromatic rings. The Morgan fingerprint density at radius 2 is 1.77 bits per heavy atom. The van der Waals surface area contributed by atoms with Crippen LogP contribution in [-0.2, 0) is 16.1 Å². The van der Waals surface area contributed by atoms with Crippen molar-refractivity contribution in [3.05, 3.63) is 72.8 Å². The number of hydrogen-bond donors (Lipinski definition) is 0. The lowest BCUT2D eigenvalue weighted by atomic mass is 10.1. The zero-order valence-electron chi connectivity index (χ0n) is 15.1. The van der Waals surface area contributed by atoms with Gasteiger partial charge in [-0.1, -0.05) is 11.3 Å². The van der Waals surface area contributed by atoms with Crippen LogP contribution in [0.4, 0.5) is 15.8 Å². The van der Waals surface area contributed by atoms with Crippen LogP contribution in [0.3, 0.4) is 0 Å². The van der Waals surface area contributed by atoms with Gasteiger partial charge in [0.1, 0.15) is 12.4 Å². The fourth-order valence-corrected chi connectivity index (χ4v) is 3.61. The van der Waals surface area contributed by atoms with Crippen molar-refractivity contribution in [2.75, 3.05) is 7.11 Å². The number of hydrogen-bond acceptors (Lipinski definition) is 8. The molecule has 0 fully saturated rings. The summed E-state index contributed by atoms with van der Waals surface area (Å²) in [5, 5.41) is 22.0. The lowest BCUT2D eigenvalue weighted by Gasteiger charge is -2.03. The van der Waals surface area contributed by atoms with Crippen LogP contribution in [0.1, 0.15) is 10.4 Å². The monoisotopic (exact) mass is 434 g/mol. The van der Waals surface area contributed by atoms with Gasteiger partial charge in [-0.25, -0.2) is 4.39 Å². The molecule has 30 heavy (non-hydrogen) atoms. The van der Waals surface area contributed by atoms with Crippen molar-refractivity contribution in [3.8, 4) is 0 Å². The van der Waals surface area contributed by atoms with Gasteiger partial charge >= 0.3 is 5.97 Å². The number of nitro benzene ring substituents is 2. The van der Waals surface area contributed by atoms with Gasteiger partial charge in [0.2, 0.25) is 0 Å². The number of methoxy groups -OCH3 is 1. The van der Waals surface area contributed by atoms with Crippen molar-refractivity contribution in [1.29, 1.82) is 0 Å². The Morgan fingerprint density at radius 3 is 2.33 bits per heavy atom. The van der Waals surface area contributed by atoms with Gasteiger partial charge in [0.25, 0.3) is 17.3 Å². The second kappa shape index (κ2) is 8.16. The largest absolute Gasteiger partial charge is 0.468 e. The predicted molar refractivity (Wildman–Crippen MR) is 101 cm³/mol. The van der Waals surface area contributed by atoms with Crippen LogP contribution in [0.2, 0.25) is 0 Å². The first-order valence-corrected chi connectivity index (χ1v) is 8.90. The fourth-order valence-electron chi connectivity index (χ4n) is 2.56. The van der Waals surface area contributed by atoms with Crippen molar-refractivity contribution in [3.63, 3.8) is 0 Å². The van der Waals surface area contributed by atoms with Crippen LogP contribution < -0.4 is 4.80 Å². The third-order valence-electron chi connectivity index (χ3n) is 3.93. The Kier molecular flexibility index (Phi) is 5.64. The maximum atomic E-state index is 13.6. The number of ether oxygens (including phenoxy) is 1. The summed E-state index contributed by atoms with van der Waals surface area (Å²) in [6.45, 7) is -0.330. The average molecular weight is 434 g/mol. The van der Waals surface area contributed by atoms with Gasteiger partial charge in [0.15, 0.2) is 4.80 Å². The van der Waals surface area contributed by atoms with Gasteiger partial charge in [-0.15, -0.1) is 0 Å². The minimum absolute atomic E-state index is 0.0137. The Labute approximate surface area is 170 Å². The maximum absolute atomic E-state index is 13.6. The third-order valence-corrected chi connectivity index (χ3v) is 4.97. The molecule has 1 aromatic heterocycles. The van der Waals surface area contributed by atoms with E-state index in [0.29, 0.717) is 10.2 Å². The minimum atomic E-state index is -1.01. The van der Waals surface area contributed by atoms with Crippen LogP contribution >= 0.6 is 11.3 Å². The van der Waals surface area contributed by atoms with E-state index < -0.39 is 38.9 Å². The van der Waals surface area contributed by atoms with Gasteiger partial charge in [-0.05, 0) is 18.2 Å². The highest BCUT2D eigenvalue weighted by Gasteiger charge is 2.20. The van der Waals surface area contributed by atoms with Crippen molar-refractivity contribution in [1.82, 2.24) is 4.57 Å². The summed E-state index contributed by atoms with van der Waals surface area (Å²) in [4.78, 5) is 48.5. The molecule has 0 aliphatic carbocycles. The lowest BCUT2D eigenvalue weighted by molar-refractivity contribution is -0.394. The molecule has 0 aliphatic heterocycles. The number of esters is 1. The molecule has 0 unspecified atom stereocenters. The molecule has 1 amide bonds. The van der Waals surface area contributed by atoms with E-state index in [0.717, 1.165) is 29.5 Å². The molecular weight excluding hydrogens is 423 g/mol. The molecule has 0 atom stereocenters. The highest BCUT2D eigenvalue weighted by molar-refractivity contribution is 7.16. The summed E-state index contributed by atoms with van der Waals surface area (Å²) in [5.41, 5.74) is -1.28. The predicted octanol–water partition coefficient (Wildman–Crippen LogP) is 2.57. The molecule has 0 saturated carbocycles. The standard InChI is InChI=1S/C17H11FN4O7S/c1-29-15(23)8-20-13-3-2-10(18)6-14(13)30-17(20)19-16(24)9-4-11(21(25)26)7-12(5-9)22(27)28/h2-7H,8H2,1H3. The zero-order chi connectivity index (χ0) is 22.0. The number of nitro groups is 2. The number of aromatic nitrogens is 1. The number of carbonyl (C=O) groups excluding carboxylic acids is 2. The van der Waals surface area contributed by atoms with E-state index in [-0.39, 0.29) is 16.9 Å². The Balaban J connectivity index is 2.18. The van der Waals surface area contributed by atoms with Crippen LogP contribution in [0.25, 0.3) is 10.2 Å². The summed E-state index contributed by atoms with van der Waals surface area (Å²) in [6, 6.07) is 6.18. The first-order chi connectivity index (χ1) is 14.2. The third kappa shape index (κ3) is 4.20. The molecule has 154 valence electrons. The molecule has 0 bridgehead atoms. The molecule has 0 radical (unpaired) electrons. The van der Waals surface area contributed by atoms with Crippen molar-refractivity contribution in [2.45, 2.75) is 6.54 Å². The van der Waals surface area contributed by atoms with Gasteiger partial charge in [0, 0.05) is 12.1 Å². The van der Waals surface area contributed by atoms with E-state index in [4.69, 9.17) is 0 Å². The van der Waals surface area contributed by atoms with Gasteiger partial charge in [-0.3, -0.25) is 29.8 Å². The molecule has 13 heteroatoms. The van der Waals surface area contributed by atoms with Crippen molar-refractivity contribution >= 4 is 44.8 Å². The van der Waals surface area contributed by atoms with Crippen molar-refractivity contribution < 1.29 is 28.6 Å². The number of fused-ring (bicyclic) bond motifs is 1. The highest BCUT2D eigenvalue weighted by atomic mass is 32.1. The first kappa shape index (κ1) is 20.7. The zero-order valence-corrected chi connectivity index (χ0v) is 15.9. The maximum Gasteiger partial charge on any atom is 0.325 e. The van der Waals surface area contributed by atoms with E-state index in [2.05, 4.69) is 9.73 Å². The summed E-state index contributed by atoms with van der Waals surface area (Å²) in [6.07, 6.45) is 0. The van der Waals surface area contributed by atoms with Crippen LogP contribution in [-0.4, -0.2) is 33.4 Å². The number of halogens is 1. The van der Waals surface area contributed by atoms with E-state index in [1.807, 2.05) is 0 Å². The Morgan fingerprint density at radius 1 is 1.13 bits per heavy atom. The summed E-state index contributed by atoms with van der Waals surface area (Å²) in [5.74, 6) is -2.20. The average Bonchev–Trinajstić information content (AvgIpc) is 3.03. The number of rotatable bonds is 5. The Hall–Kier alpha value is -4.00. The van der Waals surface area contributed by atoms with Gasteiger partial charge < -0.3 is 9.30 Å². The Bertz CT molecular complexity index is 1250. The number of benzene rings is 2. The molecule has 0 saturated heterocycles. The normalized spacial score (nSPS) is 11.5. The molecular formula is C17H11FN4O7S. The second-order valence-corrected chi connectivity index (χ2v) is 6.84. The van der Waals surface area contributed by atoms with E-state index in [1.54, 1.807) is 0 Å². The fraction of sp³-hybridized carbons (Fsp3) is 0.118. The SMILES string of the molecule is COC(=O)Cn1c(=NC(=O)c2cc([N+](=O)[O-])cc([N+](=O)[O-])c2)sc2cc(F)ccc21. The quantitative estimate of drug-likeness (QED) is 0.340. The van der Waals surface area contributed by atoms with Crippen LogP contribution in [0.5, 0.6) is 0 Å². The van der Waals surface area contributed by atoms with E-state index >= 15 is 0 Å². The van der Waals surface area contributed by atoms with Crippen molar-refractivity contribution in [2.24, 2.45) is 4.99 Å². The van der Waals surface area contributed by atoms with E-state index in [1.165, 1.54) is 29.9 Å². The van der Waals surface area contributed by atoms with Gasteiger partial charge in [-0.2, -0.15) is 4.99 Å². The molecule has 0 spiro atoms. The molecule has 1 heterocycles. The second-order valence-electron chi connectivity index (χ2n) is 5.83. The summed E-state index contributed by atoms with van der Waals surface area (Å²) in [7, 11) is 1.17. The number of non-ortho nitro benzene ring substituents is 2. The molecule has 0 N–H and O–H groups in total. The topological polar surface area (TPSA) is 147 Å². The molecule has 2 aromatic carbocycles.